The first-order valence-corrected chi connectivity index (χ1v) is 11.3. The molecule has 7 heteroatoms. The number of piperazine rings is 1. The first-order chi connectivity index (χ1) is 15.6. The third-order valence-electron chi connectivity index (χ3n) is 6.46. The van der Waals surface area contributed by atoms with E-state index in [0.717, 1.165) is 52.2 Å². The second-order valence-corrected chi connectivity index (χ2v) is 8.59. The maximum absolute atomic E-state index is 13.0. The van der Waals surface area contributed by atoms with Crippen LogP contribution in [0.25, 0.3) is 16.6 Å². The van der Waals surface area contributed by atoms with Crippen molar-refractivity contribution in [3.05, 3.63) is 70.3 Å². The Balaban J connectivity index is 1.29. The molecule has 0 saturated carbocycles. The molecule has 0 radical (unpaired) electrons. The highest BCUT2D eigenvalue weighted by atomic mass is 16.5. The van der Waals surface area contributed by atoms with E-state index in [1.165, 1.54) is 0 Å². The number of carbonyl (C=O) groups is 1. The number of fused-ring (bicyclic) bond motifs is 1. The summed E-state index contributed by atoms with van der Waals surface area (Å²) in [5, 5.41) is 0.583. The summed E-state index contributed by atoms with van der Waals surface area (Å²) in [5.41, 5.74) is 1.94. The van der Waals surface area contributed by atoms with E-state index in [-0.39, 0.29) is 11.5 Å². The average Bonchev–Trinajstić information content (AvgIpc) is 3.33. The topological polar surface area (TPSA) is 67.7 Å². The molecule has 2 fully saturated rings. The van der Waals surface area contributed by atoms with E-state index < -0.39 is 0 Å². The quantitative estimate of drug-likeness (QED) is 0.634. The molecule has 2 aliphatic rings. The van der Waals surface area contributed by atoms with Crippen molar-refractivity contribution in [1.29, 1.82) is 0 Å². The Kier molecular flexibility index (Phi) is 5.76. The number of carbonyl (C=O) groups excluding carboxylic acids is 1. The van der Waals surface area contributed by atoms with Crippen LogP contribution in [0.5, 0.6) is 0 Å². The Morgan fingerprint density at radius 1 is 1.06 bits per heavy atom. The number of hydrogen-bond acceptors (Lipinski definition) is 5. The zero-order valence-corrected chi connectivity index (χ0v) is 18.4. The van der Waals surface area contributed by atoms with E-state index in [1.807, 2.05) is 42.2 Å². The van der Waals surface area contributed by atoms with Crippen LogP contribution in [0.15, 0.2) is 53.3 Å². The van der Waals surface area contributed by atoms with Crippen LogP contribution in [0.1, 0.15) is 29.0 Å². The standard InChI is InChI=1S/C25H28N4O3/c1-18-26-23-7-3-2-6-22(23)25(31)29(18)20-10-8-19(9-11-20)24(30)28-14-12-27(13-15-28)17-21-5-4-16-32-21/h2-3,6-11,21H,4-5,12-17H2,1H3. The minimum absolute atomic E-state index is 0.0361. The Labute approximate surface area is 187 Å². The van der Waals surface area contributed by atoms with Crippen LogP contribution in [0.2, 0.25) is 0 Å². The molecule has 5 rings (SSSR count). The molecule has 3 aromatic rings. The lowest BCUT2D eigenvalue weighted by molar-refractivity contribution is 0.0433. The maximum atomic E-state index is 13.0. The molecule has 2 aliphatic heterocycles. The van der Waals surface area contributed by atoms with Gasteiger partial charge in [0.15, 0.2) is 0 Å². The zero-order chi connectivity index (χ0) is 22.1. The van der Waals surface area contributed by atoms with Gasteiger partial charge in [0.05, 0.1) is 22.7 Å². The minimum atomic E-state index is -0.102. The molecule has 3 heterocycles. The number of nitrogens with zero attached hydrogens (tertiary/aromatic N) is 4. The van der Waals surface area contributed by atoms with Crippen LogP contribution in [0.4, 0.5) is 0 Å². The van der Waals surface area contributed by atoms with E-state index in [0.29, 0.717) is 34.1 Å². The van der Waals surface area contributed by atoms with Crippen molar-refractivity contribution in [3.63, 3.8) is 0 Å². The summed E-state index contributed by atoms with van der Waals surface area (Å²) in [6, 6.07) is 14.6. The summed E-state index contributed by atoms with van der Waals surface area (Å²) in [4.78, 5) is 34.9. The van der Waals surface area contributed by atoms with Crippen molar-refractivity contribution < 1.29 is 9.53 Å². The van der Waals surface area contributed by atoms with Gasteiger partial charge in [-0.25, -0.2) is 4.98 Å². The number of amides is 1. The van der Waals surface area contributed by atoms with Gasteiger partial charge in [0.2, 0.25) is 0 Å². The van der Waals surface area contributed by atoms with Crippen molar-refractivity contribution in [2.45, 2.75) is 25.9 Å². The normalized spacial score (nSPS) is 19.5. The van der Waals surface area contributed by atoms with Gasteiger partial charge in [-0.15, -0.1) is 0 Å². The van der Waals surface area contributed by atoms with Crippen molar-refractivity contribution in [1.82, 2.24) is 19.4 Å². The number of hydrogen-bond donors (Lipinski definition) is 0. The molecule has 1 atom stereocenters. The van der Waals surface area contributed by atoms with Crippen LogP contribution >= 0.6 is 0 Å². The van der Waals surface area contributed by atoms with Gasteiger partial charge < -0.3 is 9.64 Å². The molecule has 0 N–H and O–H groups in total. The third kappa shape index (κ3) is 4.06. The fourth-order valence-electron chi connectivity index (χ4n) is 4.69. The molecule has 0 bridgehead atoms. The molecule has 32 heavy (non-hydrogen) atoms. The average molecular weight is 433 g/mol. The van der Waals surface area contributed by atoms with Crippen molar-refractivity contribution >= 4 is 16.8 Å². The summed E-state index contributed by atoms with van der Waals surface area (Å²) >= 11 is 0. The third-order valence-corrected chi connectivity index (χ3v) is 6.46. The van der Waals surface area contributed by atoms with E-state index in [1.54, 1.807) is 22.8 Å². The van der Waals surface area contributed by atoms with Crippen LogP contribution in [-0.4, -0.2) is 70.7 Å². The van der Waals surface area contributed by atoms with Gasteiger partial charge in [-0.1, -0.05) is 12.1 Å². The fourth-order valence-corrected chi connectivity index (χ4v) is 4.69. The Bertz CT molecular complexity index is 1170. The number of ether oxygens (including phenoxy) is 1. The van der Waals surface area contributed by atoms with Gasteiger partial charge in [0, 0.05) is 44.9 Å². The van der Waals surface area contributed by atoms with Crippen LogP contribution in [0.3, 0.4) is 0 Å². The maximum Gasteiger partial charge on any atom is 0.265 e. The van der Waals surface area contributed by atoms with Gasteiger partial charge in [0.1, 0.15) is 5.82 Å². The second kappa shape index (κ2) is 8.84. The molecule has 2 saturated heterocycles. The molecule has 2 aromatic carbocycles. The number of aryl methyl sites for hydroxylation is 1. The Morgan fingerprint density at radius 3 is 2.53 bits per heavy atom. The summed E-state index contributed by atoms with van der Waals surface area (Å²) in [5.74, 6) is 0.657. The molecule has 0 spiro atoms. The minimum Gasteiger partial charge on any atom is -0.377 e. The first kappa shape index (κ1) is 20.8. The molecular formula is C25H28N4O3. The predicted molar refractivity (Wildman–Crippen MR) is 123 cm³/mol. The fraction of sp³-hybridized carbons (Fsp3) is 0.400. The molecule has 0 aliphatic carbocycles. The Hall–Kier alpha value is -3.03. The SMILES string of the molecule is Cc1nc2ccccc2c(=O)n1-c1ccc(C(=O)N2CCN(CC3CCCO3)CC2)cc1. The van der Waals surface area contributed by atoms with Gasteiger partial charge in [0.25, 0.3) is 11.5 Å². The van der Waals surface area contributed by atoms with Gasteiger partial charge in [-0.3, -0.25) is 19.1 Å². The number of para-hydroxylation sites is 1. The van der Waals surface area contributed by atoms with Gasteiger partial charge >= 0.3 is 0 Å². The molecule has 7 nitrogen and oxygen atoms in total. The smallest absolute Gasteiger partial charge is 0.265 e. The van der Waals surface area contributed by atoms with Crippen molar-refractivity contribution in [3.8, 4) is 5.69 Å². The van der Waals surface area contributed by atoms with E-state index in [9.17, 15) is 9.59 Å². The summed E-state index contributed by atoms with van der Waals surface area (Å²) in [7, 11) is 0. The lowest BCUT2D eigenvalue weighted by Crippen LogP contribution is -2.50. The molecule has 1 unspecified atom stereocenters. The lowest BCUT2D eigenvalue weighted by Gasteiger charge is -2.35. The largest absolute Gasteiger partial charge is 0.377 e. The van der Waals surface area contributed by atoms with E-state index >= 15 is 0 Å². The monoisotopic (exact) mass is 432 g/mol. The molecule has 1 aromatic heterocycles. The molecule has 1 amide bonds. The Morgan fingerprint density at radius 2 is 1.81 bits per heavy atom. The van der Waals surface area contributed by atoms with Crippen LogP contribution in [-0.2, 0) is 4.74 Å². The summed E-state index contributed by atoms with van der Waals surface area (Å²) in [6.45, 7) is 6.86. The lowest BCUT2D eigenvalue weighted by atomic mass is 10.1. The highest BCUT2D eigenvalue weighted by molar-refractivity contribution is 5.94. The predicted octanol–water partition coefficient (Wildman–Crippen LogP) is 2.63. The van der Waals surface area contributed by atoms with Gasteiger partial charge in [-0.05, 0) is 56.2 Å². The highest BCUT2D eigenvalue weighted by Crippen LogP contribution is 2.17. The number of aromatic nitrogens is 2. The van der Waals surface area contributed by atoms with E-state index in [4.69, 9.17) is 4.74 Å². The van der Waals surface area contributed by atoms with Crippen LogP contribution in [0, 0.1) is 6.92 Å². The van der Waals surface area contributed by atoms with Crippen molar-refractivity contribution in [2.24, 2.45) is 0 Å². The van der Waals surface area contributed by atoms with E-state index in [2.05, 4.69) is 9.88 Å². The zero-order valence-electron chi connectivity index (χ0n) is 18.4. The number of rotatable bonds is 4. The first-order valence-electron chi connectivity index (χ1n) is 11.3. The summed E-state index contributed by atoms with van der Waals surface area (Å²) in [6.07, 6.45) is 2.64. The van der Waals surface area contributed by atoms with Crippen molar-refractivity contribution in [2.75, 3.05) is 39.3 Å². The summed E-state index contributed by atoms with van der Waals surface area (Å²) < 4.78 is 7.33. The van der Waals surface area contributed by atoms with Crippen LogP contribution < -0.4 is 5.56 Å². The number of benzene rings is 2. The molecular weight excluding hydrogens is 404 g/mol. The highest BCUT2D eigenvalue weighted by Gasteiger charge is 2.25. The molecule has 166 valence electrons. The second-order valence-electron chi connectivity index (χ2n) is 8.59. The van der Waals surface area contributed by atoms with Gasteiger partial charge in [-0.2, -0.15) is 0 Å².